The minimum Gasteiger partial charge on any atom is -0.491 e. The zero-order valence-corrected chi connectivity index (χ0v) is 13.7. The number of amides is 1. The van der Waals surface area contributed by atoms with Gasteiger partial charge >= 0.3 is 0 Å². The summed E-state index contributed by atoms with van der Waals surface area (Å²) in [6.07, 6.45) is 0.436. The molecule has 2 aromatic rings. The topological polar surface area (TPSA) is 59.0 Å². The van der Waals surface area contributed by atoms with Gasteiger partial charge in [0.05, 0.1) is 6.54 Å². The van der Waals surface area contributed by atoms with Gasteiger partial charge in [0.25, 0.3) is 5.91 Å². The lowest BCUT2D eigenvalue weighted by molar-refractivity contribution is -0.133. The summed E-state index contributed by atoms with van der Waals surface area (Å²) in [6.45, 7) is 0.537. The third kappa shape index (κ3) is 4.70. The largest absolute Gasteiger partial charge is 0.491 e. The van der Waals surface area contributed by atoms with E-state index >= 15 is 0 Å². The molecular formula is C19H20FNO4. The van der Waals surface area contributed by atoms with Crippen molar-refractivity contribution in [3.05, 3.63) is 60.4 Å². The van der Waals surface area contributed by atoms with Crippen molar-refractivity contribution in [2.24, 2.45) is 0 Å². The Morgan fingerprint density at radius 3 is 2.64 bits per heavy atom. The van der Waals surface area contributed by atoms with Crippen LogP contribution in [0.5, 0.6) is 11.5 Å². The highest BCUT2D eigenvalue weighted by Gasteiger charge is 2.39. The third-order valence-electron chi connectivity index (χ3n) is 4.09. The first-order valence-corrected chi connectivity index (χ1v) is 8.10. The summed E-state index contributed by atoms with van der Waals surface area (Å²) in [5, 5.41) is 10.6. The SMILES string of the molecule is O=C(COc1cccc(F)c1)N1CC[C@@](O)(COc2ccccc2)C1. The van der Waals surface area contributed by atoms with Crippen molar-refractivity contribution in [1.29, 1.82) is 0 Å². The van der Waals surface area contributed by atoms with Gasteiger partial charge in [-0.25, -0.2) is 4.39 Å². The summed E-state index contributed by atoms with van der Waals surface area (Å²) in [6, 6.07) is 14.9. The Morgan fingerprint density at radius 2 is 1.88 bits per heavy atom. The van der Waals surface area contributed by atoms with Gasteiger partial charge in [-0.15, -0.1) is 0 Å². The van der Waals surface area contributed by atoms with Crippen LogP contribution in [0.4, 0.5) is 4.39 Å². The first-order chi connectivity index (χ1) is 12.0. The molecular weight excluding hydrogens is 325 g/mol. The molecule has 1 heterocycles. The molecule has 0 spiro atoms. The van der Waals surface area contributed by atoms with Crippen LogP contribution in [0.2, 0.25) is 0 Å². The predicted molar refractivity (Wildman–Crippen MR) is 90.0 cm³/mol. The van der Waals surface area contributed by atoms with E-state index in [-0.39, 0.29) is 25.7 Å². The smallest absolute Gasteiger partial charge is 0.260 e. The number of hydrogen-bond acceptors (Lipinski definition) is 4. The first kappa shape index (κ1) is 17.2. The van der Waals surface area contributed by atoms with Crippen molar-refractivity contribution in [2.75, 3.05) is 26.3 Å². The van der Waals surface area contributed by atoms with Crippen molar-refractivity contribution >= 4 is 5.91 Å². The van der Waals surface area contributed by atoms with Gasteiger partial charge in [0, 0.05) is 12.6 Å². The summed E-state index contributed by atoms with van der Waals surface area (Å²) in [5.41, 5.74) is -1.08. The average Bonchev–Trinajstić information content (AvgIpc) is 3.02. The molecule has 3 rings (SSSR count). The number of benzene rings is 2. The first-order valence-electron chi connectivity index (χ1n) is 8.10. The zero-order valence-electron chi connectivity index (χ0n) is 13.7. The lowest BCUT2D eigenvalue weighted by Crippen LogP contribution is -2.41. The van der Waals surface area contributed by atoms with Crippen LogP contribution in [0.3, 0.4) is 0 Å². The number of carbonyl (C=O) groups excluding carboxylic acids is 1. The molecule has 1 aliphatic rings. The van der Waals surface area contributed by atoms with E-state index < -0.39 is 11.4 Å². The molecule has 5 nitrogen and oxygen atoms in total. The maximum absolute atomic E-state index is 13.1. The Morgan fingerprint density at radius 1 is 1.12 bits per heavy atom. The van der Waals surface area contributed by atoms with Gasteiger partial charge in [-0.2, -0.15) is 0 Å². The maximum atomic E-state index is 13.1. The summed E-state index contributed by atoms with van der Waals surface area (Å²) in [7, 11) is 0. The number of likely N-dealkylation sites (tertiary alicyclic amines) is 1. The van der Waals surface area contributed by atoms with Gasteiger partial charge in [-0.1, -0.05) is 24.3 Å². The van der Waals surface area contributed by atoms with Gasteiger partial charge in [0.1, 0.15) is 29.5 Å². The molecule has 1 aliphatic heterocycles. The van der Waals surface area contributed by atoms with Gasteiger partial charge in [-0.05, 0) is 30.7 Å². The lowest BCUT2D eigenvalue weighted by atomic mass is 10.1. The van der Waals surface area contributed by atoms with Crippen LogP contribution in [-0.2, 0) is 4.79 Å². The highest BCUT2D eigenvalue weighted by molar-refractivity contribution is 5.78. The Labute approximate surface area is 145 Å². The molecule has 132 valence electrons. The van der Waals surface area contributed by atoms with Gasteiger partial charge in [-0.3, -0.25) is 4.79 Å². The van der Waals surface area contributed by atoms with Crippen LogP contribution >= 0.6 is 0 Å². The molecule has 1 saturated heterocycles. The van der Waals surface area contributed by atoms with E-state index in [1.165, 1.54) is 23.1 Å². The third-order valence-corrected chi connectivity index (χ3v) is 4.09. The molecule has 0 radical (unpaired) electrons. The number of hydrogen-bond donors (Lipinski definition) is 1. The van der Waals surface area contributed by atoms with Gasteiger partial charge < -0.3 is 19.5 Å². The van der Waals surface area contributed by atoms with Crippen LogP contribution < -0.4 is 9.47 Å². The van der Waals surface area contributed by atoms with Crippen molar-refractivity contribution in [1.82, 2.24) is 4.90 Å². The van der Waals surface area contributed by atoms with Crippen LogP contribution in [0.15, 0.2) is 54.6 Å². The molecule has 25 heavy (non-hydrogen) atoms. The van der Waals surface area contributed by atoms with Crippen molar-refractivity contribution in [3.8, 4) is 11.5 Å². The predicted octanol–water partition coefficient (Wildman–Crippen LogP) is 2.25. The minimum atomic E-state index is -1.08. The quantitative estimate of drug-likeness (QED) is 0.872. The fraction of sp³-hybridized carbons (Fsp3) is 0.316. The van der Waals surface area contributed by atoms with Crippen LogP contribution in [0.1, 0.15) is 6.42 Å². The monoisotopic (exact) mass is 345 g/mol. The normalized spacial score (nSPS) is 19.7. The second-order valence-corrected chi connectivity index (χ2v) is 6.14. The minimum absolute atomic E-state index is 0.117. The van der Waals surface area contributed by atoms with E-state index in [9.17, 15) is 14.3 Å². The molecule has 2 aromatic carbocycles. The zero-order chi connectivity index (χ0) is 17.7. The molecule has 0 aromatic heterocycles. The number of aliphatic hydroxyl groups is 1. The van der Waals surface area contributed by atoms with Crippen molar-refractivity contribution in [2.45, 2.75) is 12.0 Å². The van der Waals surface area contributed by atoms with Crippen LogP contribution in [0.25, 0.3) is 0 Å². The fourth-order valence-electron chi connectivity index (χ4n) is 2.71. The van der Waals surface area contributed by atoms with Crippen LogP contribution in [-0.4, -0.2) is 47.8 Å². The van der Waals surface area contributed by atoms with Gasteiger partial charge in [0.2, 0.25) is 0 Å². The second-order valence-electron chi connectivity index (χ2n) is 6.14. The van der Waals surface area contributed by atoms with E-state index in [2.05, 4.69) is 0 Å². The summed E-state index contributed by atoms with van der Waals surface area (Å²) in [5.74, 6) is 0.309. The molecule has 1 N–H and O–H groups in total. The molecule has 0 bridgehead atoms. The number of nitrogens with zero attached hydrogens (tertiary/aromatic N) is 1. The Bertz CT molecular complexity index is 724. The van der Waals surface area contributed by atoms with E-state index in [0.717, 1.165) is 0 Å². The summed E-state index contributed by atoms with van der Waals surface area (Å²) in [4.78, 5) is 13.8. The summed E-state index contributed by atoms with van der Waals surface area (Å²) < 4.78 is 24.0. The number of halogens is 1. The lowest BCUT2D eigenvalue weighted by Gasteiger charge is -2.23. The van der Waals surface area contributed by atoms with E-state index in [1.54, 1.807) is 6.07 Å². The number of ether oxygens (including phenoxy) is 2. The molecule has 0 unspecified atom stereocenters. The van der Waals surface area contributed by atoms with E-state index in [4.69, 9.17) is 9.47 Å². The average molecular weight is 345 g/mol. The molecule has 0 aliphatic carbocycles. The highest BCUT2D eigenvalue weighted by atomic mass is 19.1. The maximum Gasteiger partial charge on any atom is 0.260 e. The van der Waals surface area contributed by atoms with Gasteiger partial charge in [0.15, 0.2) is 6.61 Å². The van der Waals surface area contributed by atoms with Crippen LogP contribution in [0, 0.1) is 5.82 Å². The Hall–Kier alpha value is -2.60. The molecule has 1 fully saturated rings. The number of para-hydroxylation sites is 1. The Balaban J connectivity index is 1.48. The Kier molecular flexibility index (Phi) is 5.19. The standard InChI is InChI=1S/C19H20FNO4/c20-15-5-4-8-17(11-15)24-12-18(22)21-10-9-19(23,13-21)14-25-16-6-2-1-3-7-16/h1-8,11,23H,9-10,12-14H2/t19-/m0/s1. The van der Waals surface area contributed by atoms with E-state index in [1.807, 2.05) is 30.3 Å². The van der Waals surface area contributed by atoms with Crippen molar-refractivity contribution < 1.29 is 23.8 Å². The van der Waals surface area contributed by atoms with Crippen molar-refractivity contribution in [3.63, 3.8) is 0 Å². The summed E-state index contributed by atoms with van der Waals surface area (Å²) >= 11 is 0. The molecule has 0 saturated carbocycles. The molecule has 6 heteroatoms. The fourth-order valence-corrected chi connectivity index (χ4v) is 2.71. The van der Waals surface area contributed by atoms with E-state index in [0.29, 0.717) is 24.5 Å². The highest BCUT2D eigenvalue weighted by Crippen LogP contribution is 2.23. The molecule has 1 amide bonds. The number of β-amino-alcohol motifs (C(OH)–C–C–N with tert-alkyl or cyclic N) is 1. The molecule has 1 atom stereocenters. The number of rotatable bonds is 6. The second kappa shape index (κ2) is 7.53. The number of carbonyl (C=O) groups is 1.